The minimum atomic E-state index is 0.314. The van der Waals surface area contributed by atoms with Crippen molar-refractivity contribution in [3.63, 3.8) is 0 Å². The minimum absolute atomic E-state index is 0.314. The van der Waals surface area contributed by atoms with Crippen molar-refractivity contribution in [1.29, 1.82) is 0 Å². The molecule has 1 aliphatic heterocycles. The van der Waals surface area contributed by atoms with Crippen molar-refractivity contribution in [2.24, 2.45) is 5.92 Å². The molecule has 19 heavy (non-hydrogen) atoms. The molecule has 0 saturated carbocycles. The first-order valence-electron chi connectivity index (χ1n) is 7.40. The fraction of sp³-hybridized carbons (Fsp3) is 0.625. The largest absolute Gasteiger partial charge is 0.396 e. The molecule has 2 rings (SSSR count). The van der Waals surface area contributed by atoms with Crippen LogP contribution in [0.2, 0.25) is 0 Å². The van der Waals surface area contributed by atoms with E-state index in [-0.39, 0.29) is 0 Å². The van der Waals surface area contributed by atoms with Crippen LogP contribution in [0, 0.1) is 12.8 Å². The van der Waals surface area contributed by atoms with Crippen LogP contribution < -0.4 is 10.2 Å². The van der Waals surface area contributed by atoms with E-state index in [2.05, 4.69) is 42.3 Å². The Kier molecular flexibility index (Phi) is 5.23. The van der Waals surface area contributed by atoms with Crippen LogP contribution in [-0.4, -0.2) is 31.3 Å². The standard InChI is InChI=1S/C16H26N2O/c1-3-7-17-10-14-4-5-16(13(2)9-14)18-8-6-15(11-18)12-19/h4-5,9,15,17,19H,3,6-8,10-12H2,1-2H3. The van der Waals surface area contributed by atoms with Crippen LogP contribution in [0.4, 0.5) is 5.69 Å². The van der Waals surface area contributed by atoms with Gasteiger partial charge in [-0.15, -0.1) is 0 Å². The van der Waals surface area contributed by atoms with Crippen LogP contribution in [0.5, 0.6) is 0 Å². The van der Waals surface area contributed by atoms with Crippen molar-refractivity contribution in [2.45, 2.75) is 33.2 Å². The van der Waals surface area contributed by atoms with Gasteiger partial charge in [-0.05, 0) is 43.5 Å². The Hall–Kier alpha value is -1.06. The molecule has 1 heterocycles. The predicted octanol–water partition coefficient (Wildman–Crippen LogP) is 2.31. The van der Waals surface area contributed by atoms with Crippen molar-refractivity contribution in [3.05, 3.63) is 29.3 Å². The summed E-state index contributed by atoms with van der Waals surface area (Å²) in [5.74, 6) is 0.449. The summed E-state index contributed by atoms with van der Waals surface area (Å²) in [4.78, 5) is 2.40. The van der Waals surface area contributed by atoms with Gasteiger partial charge in [0.2, 0.25) is 0 Å². The number of anilines is 1. The van der Waals surface area contributed by atoms with E-state index >= 15 is 0 Å². The third-order valence-corrected chi connectivity index (χ3v) is 3.90. The summed E-state index contributed by atoms with van der Waals surface area (Å²) in [6, 6.07) is 6.74. The zero-order valence-electron chi connectivity index (χ0n) is 12.2. The lowest BCUT2D eigenvalue weighted by Crippen LogP contribution is -2.21. The average Bonchev–Trinajstić information content (AvgIpc) is 2.88. The second kappa shape index (κ2) is 6.92. The Labute approximate surface area is 116 Å². The molecule has 2 N–H and O–H groups in total. The van der Waals surface area contributed by atoms with E-state index in [0.29, 0.717) is 12.5 Å². The van der Waals surface area contributed by atoms with Crippen molar-refractivity contribution >= 4 is 5.69 Å². The maximum atomic E-state index is 9.23. The lowest BCUT2D eigenvalue weighted by molar-refractivity contribution is 0.238. The third kappa shape index (κ3) is 3.71. The van der Waals surface area contributed by atoms with Crippen molar-refractivity contribution in [2.75, 3.05) is 31.1 Å². The average molecular weight is 262 g/mol. The normalized spacial score (nSPS) is 19.1. The van der Waals surface area contributed by atoms with E-state index in [0.717, 1.165) is 32.6 Å². The molecule has 1 aliphatic rings. The Morgan fingerprint density at radius 3 is 2.89 bits per heavy atom. The van der Waals surface area contributed by atoms with Gasteiger partial charge < -0.3 is 15.3 Å². The molecule has 3 heteroatoms. The van der Waals surface area contributed by atoms with Gasteiger partial charge in [0.1, 0.15) is 0 Å². The van der Waals surface area contributed by atoms with Crippen LogP contribution in [0.25, 0.3) is 0 Å². The number of nitrogens with zero attached hydrogens (tertiary/aromatic N) is 1. The number of aryl methyl sites for hydroxylation is 1. The van der Waals surface area contributed by atoms with Crippen LogP contribution in [0.15, 0.2) is 18.2 Å². The number of hydrogen-bond acceptors (Lipinski definition) is 3. The van der Waals surface area contributed by atoms with Gasteiger partial charge in [-0.3, -0.25) is 0 Å². The number of aliphatic hydroxyl groups excluding tert-OH is 1. The summed E-state index contributed by atoms with van der Waals surface area (Å²) in [6.07, 6.45) is 2.28. The zero-order valence-corrected chi connectivity index (χ0v) is 12.2. The number of hydrogen-bond donors (Lipinski definition) is 2. The fourth-order valence-electron chi connectivity index (χ4n) is 2.79. The minimum Gasteiger partial charge on any atom is -0.396 e. The van der Waals surface area contributed by atoms with E-state index in [9.17, 15) is 5.11 Å². The summed E-state index contributed by atoms with van der Waals surface area (Å²) >= 11 is 0. The van der Waals surface area contributed by atoms with Crippen molar-refractivity contribution in [3.8, 4) is 0 Å². The molecule has 1 aromatic carbocycles. The molecule has 1 unspecified atom stereocenters. The van der Waals surface area contributed by atoms with Gasteiger partial charge in [-0.25, -0.2) is 0 Å². The van der Waals surface area contributed by atoms with E-state index in [1.807, 2.05) is 0 Å². The Morgan fingerprint density at radius 1 is 1.42 bits per heavy atom. The van der Waals surface area contributed by atoms with Gasteiger partial charge in [0.15, 0.2) is 0 Å². The van der Waals surface area contributed by atoms with Crippen molar-refractivity contribution in [1.82, 2.24) is 5.32 Å². The first-order chi connectivity index (χ1) is 9.24. The van der Waals surface area contributed by atoms with E-state index in [1.165, 1.54) is 23.2 Å². The first-order valence-corrected chi connectivity index (χ1v) is 7.40. The quantitative estimate of drug-likeness (QED) is 0.772. The van der Waals surface area contributed by atoms with E-state index in [1.54, 1.807) is 0 Å². The molecule has 0 radical (unpaired) electrons. The lowest BCUT2D eigenvalue weighted by atomic mass is 10.1. The molecule has 0 aliphatic carbocycles. The SMILES string of the molecule is CCCNCc1ccc(N2CCC(CO)C2)c(C)c1. The smallest absolute Gasteiger partial charge is 0.0476 e. The van der Waals surface area contributed by atoms with Gasteiger partial charge in [-0.1, -0.05) is 19.1 Å². The molecule has 3 nitrogen and oxygen atoms in total. The highest BCUT2D eigenvalue weighted by Crippen LogP contribution is 2.27. The monoisotopic (exact) mass is 262 g/mol. The molecule has 1 aromatic rings. The maximum Gasteiger partial charge on any atom is 0.0476 e. The highest BCUT2D eigenvalue weighted by atomic mass is 16.3. The summed E-state index contributed by atoms with van der Waals surface area (Å²) in [7, 11) is 0. The second-order valence-electron chi connectivity index (χ2n) is 5.58. The molecule has 0 amide bonds. The Bertz CT molecular complexity index is 406. The zero-order chi connectivity index (χ0) is 13.7. The summed E-state index contributed by atoms with van der Waals surface area (Å²) in [5.41, 5.74) is 4.03. The van der Waals surface area contributed by atoms with Crippen LogP contribution in [0.3, 0.4) is 0 Å². The molecule has 0 aromatic heterocycles. The summed E-state index contributed by atoms with van der Waals surface area (Å²) in [6.45, 7) is 8.77. The van der Waals surface area contributed by atoms with E-state index in [4.69, 9.17) is 0 Å². The van der Waals surface area contributed by atoms with Gasteiger partial charge in [0, 0.05) is 37.8 Å². The predicted molar refractivity (Wildman–Crippen MR) is 80.6 cm³/mol. The highest BCUT2D eigenvalue weighted by Gasteiger charge is 2.22. The number of aliphatic hydroxyl groups is 1. The number of benzene rings is 1. The molecule has 1 fully saturated rings. The summed E-state index contributed by atoms with van der Waals surface area (Å²) < 4.78 is 0. The number of nitrogens with one attached hydrogen (secondary N) is 1. The summed E-state index contributed by atoms with van der Waals surface area (Å²) in [5, 5.41) is 12.7. The van der Waals surface area contributed by atoms with Crippen LogP contribution in [0.1, 0.15) is 30.9 Å². The molecule has 0 spiro atoms. The van der Waals surface area contributed by atoms with Crippen LogP contribution in [-0.2, 0) is 6.54 Å². The lowest BCUT2D eigenvalue weighted by Gasteiger charge is -2.21. The van der Waals surface area contributed by atoms with Crippen molar-refractivity contribution < 1.29 is 5.11 Å². The van der Waals surface area contributed by atoms with Crippen LogP contribution >= 0.6 is 0 Å². The van der Waals surface area contributed by atoms with Gasteiger partial charge in [0.05, 0.1) is 0 Å². The third-order valence-electron chi connectivity index (χ3n) is 3.90. The molecular weight excluding hydrogens is 236 g/mol. The molecule has 1 saturated heterocycles. The Morgan fingerprint density at radius 2 is 2.26 bits per heavy atom. The van der Waals surface area contributed by atoms with Gasteiger partial charge in [-0.2, -0.15) is 0 Å². The molecule has 1 atom stereocenters. The first kappa shape index (κ1) is 14.4. The second-order valence-corrected chi connectivity index (χ2v) is 5.58. The molecule has 0 bridgehead atoms. The maximum absolute atomic E-state index is 9.23. The molecular formula is C16H26N2O. The highest BCUT2D eigenvalue weighted by molar-refractivity contribution is 5.55. The van der Waals surface area contributed by atoms with Gasteiger partial charge in [0.25, 0.3) is 0 Å². The topological polar surface area (TPSA) is 35.5 Å². The fourth-order valence-corrected chi connectivity index (χ4v) is 2.79. The number of rotatable bonds is 6. The van der Waals surface area contributed by atoms with E-state index < -0.39 is 0 Å². The molecule has 106 valence electrons. The Balaban J connectivity index is 1.99. The van der Waals surface area contributed by atoms with Gasteiger partial charge >= 0.3 is 0 Å².